The van der Waals surface area contributed by atoms with Gasteiger partial charge in [-0.25, -0.2) is 4.79 Å². The van der Waals surface area contributed by atoms with Crippen molar-refractivity contribution >= 4 is 45.5 Å². The van der Waals surface area contributed by atoms with Crippen molar-refractivity contribution < 1.29 is 14.3 Å². The van der Waals surface area contributed by atoms with Gasteiger partial charge in [0.15, 0.2) is 5.11 Å². The highest BCUT2D eigenvalue weighted by Gasteiger charge is 2.31. The summed E-state index contributed by atoms with van der Waals surface area (Å²) in [6.07, 6.45) is 0. The standard InChI is InChI=1S/C22H25N3O3S2/c1-6-28-21(27)16-12(3)14(5)30-20(16)25-19(26)17-13(4)23-22(29)24-18(17)15-9-7-11(2)8-10-15/h7-10,18H,6H2,1-5H3,(H,25,26)(H2,23,24,29). The van der Waals surface area contributed by atoms with Crippen molar-refractivity contribution in [2.75, 3.05) is 11.9 Å². The molecule has 8 heteroatoms. The third-order valence-electron chi connectivity index (χ3n) is 5.02. The molecule has 0 saturated carbocycles. The first-order valence-electron chi connectivity index (χ1n) is 9.66. The molecule has 1 atom stereocenters. The zero-order valence-corrected chi connectivity index (χ0v) is 19.3. The Labute approximate surface area is 185 Å². The molecule has 0 bridgehead atoms. The first-order chi connectivity index (χ1) is 14.2. The fraction of sp³-hybridized carbons (Fsp3) is 0.318. The van der Waals surface area contributed by atoms with E-state index in [1.807, 2.05) is 52.0 Å². The van der Waals surface area contributed by atoms with Crippen LogP contribution in [0.5, 0.6) is 0 Å². The first kappa shape index (κ1) is 22.0. The summed E-state index contributed by atoms with van der Waals surface area (Å²) in [4.78, 5) is 26.8. The fourth-order valence-corrected chi connectivity index (χ4v) is 4.65. The second kappa shape index (κ2) is 8.97. The van der Waals surface area contributed by atoms with Crippen molar-refractivity contribution in [2.24, 2.45) is 0 Å². The molecule has 0 aliphatic carbocycles. The molecule has 1 aromatic heterocycles. The van der Waals surface area contributed by atoms with Crippen LogP contribution in [-0.4, -0.2) is 23.6 Å². The number of carbonyl (C=O) groups excluding carboxylic acids is 2. The summed E-state index contributed by atoms with van der Waals surface area (Å²) in [6.45, 7) is 9.63. The minimum absolute atomic E-state index is 0.269. The number of amides is 1. The van der Waals surface area contributed by atoms with Crippen LogP contribution < -0.4 is 16.0 Å². The number of hydrogen-bond donors (Lipinski definition) is 3. The predicted octanol–water partition coefficient (Wildman–Crippen LogP) is 4.28. The summed E-state index contributed by atoms with van der Waals surface area (Å²) in [5.41, 5.74) is 4.47. The molecule has 0 saturated heterocycles. The molecule has 1 amide bonds. The number of anilines is 1. The number of aryl methyl sites for hydroxylation is 2. The number of thiophene rings is 1. The Bertz CT molecular complexity index is 1040. The Morgan fingerprint density at radius 3 is 2.47 bits per heavy atom. The van der Waals surface area contributed by atoms with Gasteiger partial charge < -0.3 is 20.7 Å². The third kappa shape index (κ3) is 4.39. The Kier molecular flexibility index (Phi) is 6.58. The number of nitrogens with one attached hydrogen (secondary N) is 3. The van der Waals surface area contributed by atoms with Crippen molar-refractivity contribution in [3.63, 3.8) is 0 Å². The van der Waals surface area contributed by atoms with E-state index in [0.29, 0.717) is 26.9 Å². The highest BCUT2D eigenvalue weighted by atomic mass is 32.1. The topological polar surface area (TPSA) is 79.5 Å². The Balaban J connectivity index is 1.97. The molecule has 1 aliphatic heterocycles. The molecule has 2 aromatic rings. The summed E-state index contributed by atoms with van der Waals surface area (Å²) in [5.74, 6) is -0.733. The van der Waals surface area contributed by atoms with Crippen molar-refractivity contribution in [3.8, 4) is 0 Å². The van der Waals surface area contributed by atoms with E-state index in [4.69, 9.17) is 17.0 Å². The van der Waals surface area contributed by atoms with E-state index in [9.17, 15) is 9.59 Å². The van der Waals surface area contributed by atoms with Gasteiger partial charge in [0.05, 0.1) is 23.8 Å². The number of carbonyl (C=O) groups is 2. The van der Waals surface area contributed by atoms with Crippen LogP contribution in [-0.2, 0) is 9.53 Å². The lowest BCUT2D eigenvalue weighted by Crippen LogP contribution is -2.45. The molecule has 3 N–H and O–H groups in total. The van der Waals surface area contributed by atoms with Crippen LogP contribution in [0.25, 0.3) is 0 Å². The summed E-state index contributed by atoms with van der Waals surface area (Å²) in [6, 6.07) is 7.55. The molecule has 1 aliphatic rings. The van der Waals surface area contributed by atoms with Crippen LogP contribution in [0.15, 0.2) is 35.5 Å². The number of ether oxygens (including phenoxy) is 1. The van der Waals surface area contributed by atoms with Crippen molar-refractivity contribution in [2.45, 2.75) is 40.7 Å². The molecule has 0 radical (unpaired) electrons. The maximum atomic E-state index is 13.4. The summed E-state index contributed by atoms with van der Waals surface area (Å²) >= 11 is 6.68. The van der Waals surface area contributed by atoms with Gasteiger partial charge in [-0.2, -0.15) is 0 Å². The maximum Gasteiger partial charge on any atom is 0.341 e. The van der Waals surface area contributed by atoms with E-state index in [2.05, 4.69) is 16.0 Å². The van der Waals surface area contributed by atoms with Crippen LogP contribution in [0.3, 0.4) is 0 Å². The molecule has 3 rings (SSSR count). The van der Waals surface area contributed by atoms with Gasteiger partial charge in [-0.1, -0.05) is 29.8 Å². The number of thiocarbonyl (C=S) groups is 1. The lowest BCUT2D eigenvalue weighted by Gasteiger charge is -2.30. The number of allylic oxidation sites excluding steroid dienone is 1. The summed E-state index contributed by atoms with van der Waals surface area (Å²) in [7, 11) is 0. The van der Waals surface area contributed by atoms with E-state index < -0.39 is 12.0 Å². The van der Waals surface area contributed by atoms with E-state index in [1.54, 1.807) is 6.92 Å². The van der Waals surface area contributed by atoms with Gasteiger partial charge >= 0.3 is 5.97 Å². The zero-order valence-electron chi connectivity index (χ0n) is 17.6. The van der Waals surface area contributed by atoms with Gasteiger partial charge in [-0.3, -0.25) is 4.79 Å². The maximum absolute atomic E-state index is 13.4. The SMILES string of the molecule is CCOC(=O)c1c(NC(=O)C2=C(C)NC(=S)NC2c2ccc(C)cc2)sc(C)c1C. The van der Waals surface area contributed by atoms with Gasteiger partial charge in [0.25, 0.3) is 5.91 Å². The number of esters is 1. The summed E-state index contributed by atoms with van der Waals surface area (Å²) < 4.78 is 5.19. The van der Waals surface area contributed by atoms with E-state index in [0.717, 1.165) is 21.6 Å². The molecule has 1 unspecified atom stereocenters. The smallest absolute Gasteiger partial charge is 0.341 e. The second-order valence-electron chi connectivity index (χ2n) is 7.14. The highest BCUT2D eigenvalue weighted by molar-refractivity contribution is 7.80. The van der Waals surface area contributed by atoms with Crippen LogP contribution in [0.4, 0.5) is 5.00 Å². The summed E-state index contributed by atoms with van der Waals surface area (Å²) in [5, 5.41) is 10.1. The minimum atomic E-state index is -0.434. The first-order valence-corrected chi connectivity index (χ1v) is 10.9. The third-order valence-corrected chi connectivity index (χ3v) is 6.36. The molecule has 0 fully saturated rings. The predicted molar refractivity (Wildman–Crippen MR) is 124 cm³/mol. The monoisotopic (exact) mass is 443 g/mol. The van der Waals surface area contributed by atoms with Crippen LogP contribution >= 0.6 is 23.6 Å². The van der Waals surface area contributed by atoms with Crippen molar-refractivity contribution in [1.82, 2.24) is 10.6 Å². The van der Waals surface area contributed by atoms with E-state index in [1.165, 1.54) is 11.3 Å². The normalized spacial score (nSPS) is 16.0. The quantitative estimate of drug-likeness (QED) is 0.473. The second-order valence-corrected chi connectivity index (χ2v) is 8.78. The molecule has 2 heterocycles. The average molecular weight is 444 g/mol. The van der Waals surface area contributed by atoms with Gasteiger partial charge in [-0.05, 0) is 58.0 Å². The number of benzene rings is 1. The van der Waals surface area contributed by atoms with E-state index >= 15 is 0 Å². The molecular formula is C22H25N3O3S2. The largest absolute Gasteiger partial charge is 0.462 e. The van der Waals surface area contributed by atoms with Gasteiger partial charge in [0, 0.05) is 10.6 Å². The Morgan fingerprint density at radius 2 is 1.83 bits per heavy atom. The molecular weight excluding hydrogens is 418 g/mol. The number of rotatable bonds is 5. The average Bonchev–Trinajstić information content (AvgIpc) is 2.95. The lowest BCUT2D eigenvalue weighted by atomic mass is 9.94. The molecule has 0 spiro atoms. The highest BCUT2D eigenvalue weighted by Crippen LogP contribution is 2.35. The Hall–Kier alpha value is -2.71. The molecule has 30 heavy (non-hydrogen) atoms. The van der Waals surface area contributed by atoms with Crippen molar-refractivity contribution in [3.05, 3.63) is 62.7 Å². The van der Waals surface area contributed by atoms with Crippen molar-refractivity contribution in [1.29, 1.82) is 0 Å². The molecule has 1 aromatic carbocycles. The minimum Gasteiger partial charge on any atom is -0.462 e. The van der Waals surface area contributed by atoms with Gasteiger partial charge in [-0.15, -0.1) is 11.3 Å². The lowest BCUT2D eigenvalue weighted by molar-refractivity contribution is -0.113. The Morgan fingerprint density at radius 1 is 1.17 bits per heavy atom. The van der Waals surface area contributed by atoms with Gasteiger partial charge in [0.1, 0.15) is 5.00 Å². The van der Waals surface area contributed by atoms with Crippen LogP contribution in [0, 0.1) is 20.8 Å². The molecule has 158 valence electrons. The number of hydrogen-bond acceptors (Lipinski definition) is 5. The fourth-order valence-electron chi connectivity index (χ4n) is 3.34. The van der Waals surface area contributed by atoms with E-state index in [-0.39, 0.29) is 12.5 Å². The zero-order chi connectivity index (χ0) is 22.0. The van der Waals surface area contributed by atoms with Crippen LogP contribution in [0.2, 0.25) is 0 Å². The van der Waals surface area contributed by atoms with Crippen LogP contribution in [0.1, 0.15) is 51.8 Å². The van der Waals surface area contributed by atoms with Gasteiger partial charge in [0.2, 0.25) is 0 Å². The molecule has 6 nitrogen and oxygen atoms in total.